The summed E-state index contributed by atoms with van der Waals surface area (Å²) >= 11 is 0. The van der Waals surface area contributed by atoms with E-state index < -0.39 is 102 Å². The largest absolute Gasteiger partial charge is 0.488 e. The van der Waals surface area contributed by atoms with E-state index in [9.17, 15) is 24.9 Å². The zero-order chi connectivity index (χ0) is 40.0. The van der Waals surface area contributed by atoms with Crippen molar-refractivity contribution in [2.24, 2.45) is 17.8 Å². The molecule has 14 nitrogen and oxygen atoms in total. The van der Waals surface area contributed by atoms with Crippen molar-refractivity contribution in [3.05, 3.63) is 11.3 Å². The normalized spacial score (nSPS) is 47.2. The van der Waals surface area contributed by atoms with Crippen LogP contribution in [0.3, 0.4) is 0 Å². The molecule has 4 aliphatic rings. The van der Waals surface area contributed by atoms with E-state index >= 15 is 0 Å². The molecule has 17 atom stereocenters. The molecule has 306 valence electrons. The number of ether oxygens (including phenoxy) is 8. The molecule has 0 radical (unpaired) electrons. The van der Waals surface area contributed by atoms with E-state index in [4.69, 9.17) is 37.9 Å². The lowest BCUT2D eigenvalue weighted by molar-refractivity contribution is -0.316. The van der Waals surface area contributed by atoms with E-state index in [0.29, 0.717) is 18.6 Å². The molecule has 4 rings (SSSR count). The summed E-state index contributed by atoms with van der Waals surface area (Å²) in [5.74, 6) is -3.00. The van der Waals surface area contributed by atoms with Gasteiger partial charge in [-0.1, -0.05) is 20.8 Å². The van der Waals surface area contributed by atoms with Crippen LogP contribution >= 0.6 is 0 Å². The molecular weight excluding hydrogens is 690 g/mol. The van der Waals surface area contributed by atoms with Crippen molar-refractivity contribution in [2.75, 3.05) is 21.2 Å². The molecule has 53 heavy (non-hydrogen) atoms. The van der Waals surface area contributed by atoms with Crippen molar-refractivity contribution in [3.8, 4) is 0 Å². The lowest BCUT2D eigenvalue weighted by Gasteiger charge is -2.48. The molecule has 0 saturated carbocycles. The van der Waals surface area contributed by atoms with Crippen LogP contribution < -0.4 is 0 Å². The lowest BCUT2D eigenvalue weighted by Crippen LogP contribution is -2.60. The molecule has 0 amide bonds. The first-order valence-electron chi connectivity index (χ1n) is 19.2. The third kappa shape index (κ3) is 8.91. The number of aliphatic hydroxyl groups excluding tert-OH is 2. The summed E-state index contributed by atoms with van der Waals surface area (Å²) in [7, 11) is 5.32. The number of hydrogen-bond acceptors (Lipinski definition) is 14. The predicted molar refractivity (Wildman–Crippen MR) is 193 cm³/mol. The highest BCUT2D eigenvalue weighted by atomic mass is 16.7. The first-order valence-corrected chi connectivity index (χ1v) is 19.2. The van der Waals surface area contributed by atoms with Crippen LogP contribution in [0.2, 0.25) is 0 Å². The number of carbonyl (C=O) groups is 2. The first kappa shape index (κ1) is 43.8. The Morgan fingerprint density at radius 1 is 1.00 bits per heavy atom. The summed E-state index contributed by atoms with van der Waals surface area (Å²) in [5.41, 5.74) is -3.08. The van der Waals surface area contributed by atoms with Gasteiger partial charge in [0, 0.05) is 38.8 Å². The molecule has 0 unspecified atom stereocenters. The molecule has 0 aliphatic carbocycles. The van der Waals surface area contributed by atoms with Crippen LogP contribution in [-0.2, 0) is 47.5 Å². The third-order valence-corrected chi connectivity index (χ3v) is 12.2. The number of aliphatic hydroxyl groups is 3. The number of cyclic esters (lactones) is 1. The van der Waals surface area contributed by atoms with Gasteiger partial charge < -0.3 is 58.1 Å². The van der Waals surface area contributed by atoms with Gasteiger partial charge in [-0.2, -0.15) is 0 Å². The molecule has 3 saturated heterocycles. The minimum Gasteiger partial charge on any atom is -0.488 e. The van der Waals surface area contributed by atoms with E-state index in [-0.39, 0.29) is 25.0 Å². The standard InChI is InChI=1S/C39H67NO13/c1-15-27-39(11,45)34(49-25(8)41)21(4)30-19(2)17-38(10,53-30)33(52-36-29(42)26(40(12)13)16-20(3)47-36)22(5)31(23(6)35(44)50-27)51-28-18-37(9,46-14)32(43)24(7)48-28/h20-24,26-29,31-34,36,42-43,45H,15-18H2,1-14H3/t20-,21+,22+,23-,24+,26+,27-,28+,29-,31+,32+,33-,34-,36+,37-,38-,39-/m1/s1. The molecule has 3 fully saturated rings. The number of carbonyl (C=O) groups excluding carboxylic acids is 2. The van der Waals surface area contributed by atoms with Crippen LogP contribution in [0.1, 0.15) is 102 Å². The van der Waals surface area contributed by atoms with E-state index in [1.807, 2.05) is 53.6 Å². The zero-order valence-electron chi connectivity index (χ0n) is 34.3. The number of rotatable bonds is 8. The summed E-state index contributed by atoms with van der Waals surface area (Å²) in [4.78, 5) is 28.8. The van der Waals surface area contributed by atoms with Gasteiger partial charge in [0.25, 0.3) is 0 Å². The highest BCUT2D eigenvalue weighted by Gasteiger charge is 2.57. The second kappa shape index (κ2) is 16.7. The Hall–Kier alpha value is -1.88. The van der Waals surface area contributed by atoms with Crippen molar-refractivity contribution in [3.63, 3.8) is 0 Å². The maximum absolute atomic E-state index is 14.3. The predicted octanol–water partition coefficient (Wildman–Crippen LogP) is 3.46. The highest BCUT2D eigenvalue weighted by Crippen LogP contribution is 2.48. The van der Waals surface area contributed by atoms with Gasteiger partial charge in [-0.3, -0.25) is 9.59 Å². The van der Waals surface area contributed by atoms with E-state index in [0.717, 1.165) is 5.57 Å². The summed E-state index contributed by atoms with van der Waals surface area (Å²) in [6.07, 6.45) is -7.50. The Morgan fingerprint density at radius 2 is 1.64 bits per heavy atom. The van der Waals surface area contributed by atoms with Crippen LogP contribution in [-0.4, -0.2) is 138 Å². The molecule has 0 aromatic carbocycles. The highest BCUT2D eigenvalue weighted by molar-refractivity contribution is 5.73. The SMILES string of the molecule is CC[C@H]1OC(=O)[C@H](C)[C@@H](O[C@H]2C[C@@](C)(OC)[C@@H](O)[C@H](C)O2)[C@H](C)[C@@H](O[C@@H]2O[C@H](C)C[C@H](N(C)C)[C@H]2O)[C@@]2(C)CC(C)=C(O2)[C@H](C)[C@@H](OC(C)=O)[C@]1(C)O. The molecule has 4 heterocycles. The fourth-order valence-electron chi connectivity index (χ4n) is 9.12. The minimum absolute atomic E-state index is 0.157. The summed E-state index contributed by atoms with van der Waals surface area (Å²) in [6.45, 7) is 19.3. The van der Waals surface area contributed by atoms with Gasteiger partial charge in [-0.25, -0.2) is 0 Å². The average molecular weight is 758 g/mol. The topological polar surface area (TPSA) is 172 Å². The van der Waals surface area contributed by atoms with Crippen molar-refractivity contribution in [2.45, 2.75) is 186 Å². The molecule has 3 N–H and O–H groups in total. The van der Waals surface area contributed by atoms with Crippen LogP contribution in [0.5, 0.6) is 0 Å². The molecule has 0 spiro atoms. The minimum atomic E-state index is -1.83. The quantitative estimate of drug-likeness (QED) is 0.308. The van der Waals surface area contributed by atoms with Gasteiger partial charge in [0.1, 0.15) is 47.5 Å². The molecule has 4 aliphatic heterocycles. The smallest absolute Gasteiger partial charge is 0.311 e. The molecule has 2 bridgehead atoms. The van der Waals surface area contributed by atoms with E-state index in [1.54, 1.807) is 27.7 Å². The van der Waals surface area contributed by atoms with Crippen LogP contribution in [0.4, 0.5) is 0 Å². The maximum Gasteiger partial charge on any atom is 0.311 e. The van der Waals surface area contributed by atoms with Gasteiger partial charge in [0.05, 0.1) is 35.7 Å². The Bertz CT molecular complexity index is 1320. The van der Waals surface area contributed by atoms with E-state index in [2.05, 4.69) is 0 Å². The molecule has 0 aromatic rings. The van der Waals surface area contributed by atoms with Crippen LogP contribution in [0.15, 0.2) is 11.3 Å². The Kier molecular flexibility index (Phi) is 13.8. The van der Waals surface area contributed by atoms with Gasteiger partial charge in [-0.05, 0) is 81.0 Å². The molecule has 14 heteroatoms. The summed E-state index contributed by atoms with van der Waals surface area (Å²) in [6, 6.07) is -0.254. The number of esters is 2. The summed E-state index contributed by atoms with van der Waals surface area (Å²) in [5, 5.41) is 34.7. The van der Waals surface area contributed by atoms with Gasteiger partial charge in [0.15, 0.2) is 12.6 Å². The van der Waals surface area contributed by atoms with Crippen LogP contribution in [0, 0.1) is 17.8 Å². The van der Waals surface area contributed by atoms with Crippen LogP contribution in [0.25, 0.3) is 0 Å². The second-order valence-corrected chi connectivity index (χ2v) is 16.9. The molecular formula is C39H67NO13. The van der Waals surface area contributed by atoms with Gasteiger partial charge in [-0.15, -0.1) is 0 Å². The van der Waals surface area contributed by atoms with Crippen molar-refractivity contribution < 1.29 is 62.8 Å². The fourth-order valence-corrected chi connectivity index (χ4v) is 9.12. The van der Waals surface area contributed by atoms with Crippen molar-refractivity contribution in [1.82, 2.24) is 4.90 Å². The Morgan fingerprint density at radius 3 is 2.21 bits per heavy atom. The molecule has 0 aromatic heterocycles. The van der Waals surface area contributed by atoms with Gasteiger partial charge >= 0.3 is 11.9 Å². The van der Waals surface area contributed by atoms with Crippen molar-refractivity contribution >= 4 is 11.9 Å². The first-order chi connectivity index (χ1) is 24.5. The Labute approximate surface area is 315 Å². The lowest BCUT2D eigenvalue weighted by atomic mass is 9.78. The van der Waals surface area contributed by atoms with Crippen molar-refractivity contribution in [1.29, 1.82) is 0 Å². The summed E-state index contributed by atoms with van der Waals surface area (Å²) < 4.78 is 50.8. The monoisotopic (exact) mass is 757 g/mol. The van der Waals surface area contributed by atoms with E-state index in [1.165, 1.54) is 21.0 Å². The van der Waals surface area contributed by atoms with Gasteiger partial charge in [0.2, 0.25) is 0 Å². The maximum atomic E-state index is 14.3. The number of hydrogen-bond donors (Lipinski definition) is 3. The second-order valence-electron chi connectivity index (χ2n) is 16.9. The number of fused-ring (bicyclic) bond motifs is 2. The Balaban J connectivity index is 1.88. The number of likely N-dealkylation sites (N-methyl/N-ethyl adjacent to an activating group) is 1. The number of methoxy groups -OCH3 is 1. The fraction of sp³-hybridized carbons (Fsp3) is 0.897. The zero-order valence-corrected chi connectivity index (χ0v) is 34.3. The third-order valence-electron chi connectivity index (χ3n) is 12.2. The average Bonchev–Trinajstić information content (AvgIpc) is 3.39. The number of nitrogens with zero attached hydrogens (tertiary/aromatic N) is 1.